The zero-order valence-corrected chi connectivity index (χ0v) is 19.5. The molecule has 0 atom stereocenters. The first-order chi connectivity index (χ1) is 17.6. The van der Waals surface area contributed by atoms with Crippen LogP contribution >= 0.6 is 0 Å². The molecule has 0 bridgehead atoms. The molecule has 0 saturated carbocycles. The number of amides is 1. The highest BCUT2D eigenvalue weighted by atomic mass is 19.1. The first kappa shape index (κ1) is 23.0. The van der Waals surface area contributed by atoms with Crippen molar-refractivity contribution in [2.45, 2.75) is 13.5 Å². The first-order valence-corrected chi connectivity index (χ1v) is 11.5. The smallest absolute Gasteiger partial charge is 0.273 e. The average Bonchev–Trinajstić information content (AvgIpc) is 3.57. The monoisotopic (exact) mass is 482 g/mol. The van der Waals surface area contributed by atoms with Gasteiger partial charge in [-0.15, -0.1) is 0 Å². The van der Waals surface area contributed by atoms with Crippen LogP contribution in [0.4, 0.5) is 4.39 Å². The molecule has 3 aromatic carbocycles. The number of carbonyl (C=O) groups is 1. The Kier molecular flexibility index (Phi) is 6.57. The van der Waals surface area contributed by atoms with Gasteiger partial charge in [0.2, 0.25) is 0 Å². The van der Waals surface area contributed by atoms with E-state index in [1.165, 1.54) is 18.2 Å². The minimum absolute atomic E-state index is 0.132. The lowest BCUT2D eigenvalue weighted by Crippen LogP contribution is -2.23. The molecule has 7 nitrogen and oxygen atoms in total. The molecule has 0 radical (unpaired) electrons. The van der Waals surface area contributed by atoms with E-state index < -0.39 is 5.91 Å². The fraction of sp³-hybridized carbons (Fsp3) is 0.107. The van der Waals surface area contributed by atoms with Gasteiger partial charge in [0, 0.05) is 35.5 Å². The Hall–Kier alpha value is -4.72. The van der Waals surface area contributed by atoms with E-state index in [-0.39, 0.29) is 18.1 Å². The molecule has 0 fully saturated rings. The van der Waals surface area contributed by atoms with Crippen LogP contribution in [-0.2, 0) is 6.54 Å². The topological polar surface area (TPSA) is 82.2 Å². The molecule has 0 unspecified atom stereocenters. The third-order valence-corrected chi connectivity index (χ3v) is 5.56. The summed E-state index contributed by atoms with van der Waals surface area (Å²) >= 11 is 0. The summed E-state index contributed by atoms with van der Waals surface area (Å²) < 4.78 is 25.8. The van der Waals surface area contributed by atoms with Crippen LogP contribution in [0.2, 0.25) is 0 Å². The Balaban J connectivity index is 1.38. The minimum atomic E-state index is -0.391. The zero-order valence-electron chi connectivity index (χ0n) is 19.5. The minimum Gasteiger partial charge on any atom is -0.494 e. The summed E-state index contributed by atoms with van der Waals surface area (Å²) in [6.45, 7) is 2.75. The second-order valence-electron chi connectivity index (χ2n) is 8.01. The Morgan fingerprint density at radius 3 is 2.44 bits per heavy atom. The highest BCUT2D eigenvalue weighted by molar-refractivity contribution is 5.93. The SMILES string of the molecule is CCOc1ccc(-c2nn(-c3ccccc3)cc2CNC(=O)c2cc(-c3ccc(F)cc3)on2)cc1. The maximum Gasteiger partial charge on any atom is 0.273 e. The van der Waals surface area contributed by atoms with E-state index in [2.05, 4.69) is 10.5 Å². The molecule has 0 aliphatic heterocycles. The lowest BCUT2D eigenvalue weighted by Gasteiger charge is -2.06. The second-order valence-corrected chi connectivity index (χ2v) is 8.01. The highest BCUT2D eigenvalue weighted by Crippen LogP contribution is 2.26. The van der Waals surface area contributed by atoms with E-state index in [0.29, 0.717) is 17.9 Å². The maximum absolute atomic E-state index is 13.2. The van der Waals surface area contributed by atoms with Crippen LogP contribution in [0.25, 0.3) is 28.3 Å². The number of carbonyl (C=O) groups excluding carboxylic acids is 1. The van der Waals surface area contributed by atoms with Crippen LogP contribution in [0.1, 0.15) is 23.0 Å². The van der Waals surface area contributed by atoms with Crippen molar-refractivity contribution in [3.8, 4) is 34.0 Å². The Labute approximate surface area is 207 Å². The third-order valence-electron chi connectivity index (χ3n) is 5.56. The number of nitrogens with zero attached hydrogens (tertiary/aromatic N) is 3. The lowest BCUT2D eigenvalue weighted by molar-refractivity contribution is 0.0942. The largest absolute Gasteiger partial charge is 0.494 e. The summed E-state index contributed by atoms with van der Waals surface area (Å²) in [5, 5.41) is 11.6. The predicted molar refractivity (Wildman–Crippen MR) is 133 cm³/mol. The van der Waals surface area contributed by atoms with Gasteiger partial charge < -0.3 is 14.6 Å². The maximum atomic E-state index is 13.2. The normalized spacial score (nSPS) is 10.8. The van der Waals surface area contributed by atoms with Crippen LogP contribution in [0.15, 0.2) is 95.6 Å². The van der Waals surface area contributed by atoms with Gasteiger partial charge in [-0.2, -0.15) is 5.10 Å². The molecule has 5 aromatic rings. The molecule has 0 saturated heterocycles. The van der Waals surface area contributed by atoms with Crippen molar-refractivity contribution >= 4 is 5.91 Å². The Bertz CT molecular complexity index is 1460. The van der Waals surface area contributed by atoms with Crippen molar-refractivity contribution in [1.82, 2.24) is 20.3 Å². The number of ether oxygens (including phenoxy) is 1. The van der Waals surface area contributed by atoms with Gasteiger partial charge in [-0.05, 0) is 67.6 Å². The number of para-hydroxylation sites is 1. The number of aromatic nitrogens is 3. The summed E-state index contributed by atoms with van der Waals surface area (Å²) in [4.78, 5) is 12.8. The van der Waals surface area contributed by atoms with Crippen molar-refractivity contribution < 1.29 is 18.4 Å². The fourth-order valence-electron chi connectivity index (χ4n) is 3.77. The van der Waals surface area contributed by atoms with Gasteiger partial charge in [0.25, 0.3) is 5.91 Å². The number of nitrogens with one attached hydrogen (secondary N) is 1. The number of hydrogen-bond donors (Lipinski definition) is 1. The molecular formula is C28H23FN4O3. The van der Waals surface area contributed by atoms with Crippen molar-refractivity contribution in [3.05, 3.63) is 108 Å². The van der Waals surface area contributed by atoms with Crippen molar-refractivity contribution in [1.29, 1.82) is 0 Å². The van der Waals surface area contributed by atoms with Crippen molar-refractivity contribution in [2.24, 2.45) is 0 Å². The van der Waals surface area contributed by atoms with Crippen molar-refractivity contribution in [3.63, 3.8) is 0 Å². The average molecular weight is 483 g/mol. The predicted octanol–water partition coefficient (Wildman–Crippen LogP) is 5.66. The molecular weight excluding hydrogens is 459 g/mol. The number of halogens is 1. The molecule has 36 heavy (non-hydrogen) atoms. The summed E-state index contributed by atoms with van der Waals surface area (Å²) in [5.41, 5.74) is 4.14. The van der Waals surface area contributed by atoms with Gasteiger partial charge in [-0.1, -0.05) is 23.4 Å². The first-order valence-electron chi connectivity index (χ1n) is 11.5. The van der Waals surface area contributed by atoms with Crippen LogP contribution in [0, 0.1) is 5.82 Å². The van der Waals surface area contributed by atoms with Crippen LogP contribution < -0.4 is 10.1 Å². The standard InChI is InChI=1S/C28H23FN4O3/c1-2-35-24-14-10-20(11-15-24)27-21(18-33(31-27)23-6-4-3-5-7-23)17-30-28(34)25-16-26(36-32-25)19-8-12-22(29)13-9-19/h3-16,18H,2,17H2,1H3,(H,30,34). The molecule has 0 aliphatic carbocycles. The number of rotatable bonds is 8. The molecule has 180 valence electrons. The van der Waals surface area contributed by atoms with Gasteiger partial charge in [-0.3, -0.25) is 4.79 Å². The third kappa shape index (κ3) is 5.02. The summed E-state index contributed by atoms with van der Waals surface area (Å²) in [7, 11) is 0. The fourth-order valence-corrected chi connectivity index (χ4v) is 3.77. The molecule has 2 heterocycles. The lowest BCUT2D eigenvalue weighted by atomic mass is 10.1. The van der Waals surface area contributed by atoms with E-state index >= 15 is 0 Å². The van der Waals surface area contributed by atoms with Gasteiger partial charge >= 0.3 is 0 Å². The van der Waals surface area contributed by atoms with E-state index in [4.69, 9.17) is 14.4 Å². The molecule has 5 rings (SSSR count). The van der Waals surface area contributed by atoms with Gasteiger partial charge in [0.15, 0.2) is 11.5 Å². The van der Waals surface area contributed by atoms with Crippen molar-refractivity contribution in [2.75, 3.05) is 6.61 Å². The van der Waals surface area contributed by atoms with Gasteiger partial charge in [0.1, 0.15) is 11.6 Å². The zero-order chi connectivity index (χ0) is 24.9. The molecule has 0 spiro atoms. The molecule has 0 aliphatic rings. The second kappa shape index (κ2) is 10.3. The van der Waals surface area contributed by atoms with Crippen LogP contribution in [0.5, 0.6) is 5.75 Å². The summed E-state index contributed by atoms with van der Waals surface area (Å²) in [6.07, 6.45) is 1.90. The summed E-state index contributed by atoms with van der Waals surface area (Å²) in [6, 6.07) is 24.8. The molecule has 1 amide bonds. The van der Waals surface area contributed by atoms with E-state index in [9.17, 15) is 9.18 Å². The summed E-state index contributed by atoms with van der Waals surface area (Å²) in [5.74, 6) is 0.418. The van der Waals surface area contributed by atoms with Crippen LogP contribution in [0.3, 0.4) is 0 Å². The Morgan fingerprint density at radius 1 is 1.00 bits per heavy atom. The van der Waals surface area contributed by atoms with E-state index in [1.807, 2.05) is 67.7 Å². The van der Waals surface area contributed by atoms with Crippen LogP contribution in [-0.4, -0.2) is 27.5 Å². The molecule has 1 N–H and O–H groups in total. The van der Waals surface area contributed by atoms with E-state index in [1.54, 1.807) is 16.8 Å². The number of hydrogen-bond acceptors (Lipinski definition) is 5. The van der Waals surface area contributed by atoms with E-state index in [0.717, 1.165) is 28.3 Å². The van der Waals surface area contributed by atoms with Gasteiger partial charge in [0.05, 0.1) is 18.0 Å². The molecule has 2 aromatic heterocycles. The Morgan fingerprint density at radius 2 is 1.72 bits per heavy atom. The molecule has 8 heteroatoms. The van der Waals surface area contributed by atoms with Gasteiger partial charge in [-0.25, -0.2) is 9.07 Å². The number of benzene rings is 3. The quantitative estimate of drug-likeness (QED) is 0.309. The highest BCUT2D eigenvalue weighted by Gasteiger charge is 2.17.